The van der Waals surface area contributed by atoms with Crippen molar-refractivity contribution >= 4 is 0 Å². The number of rotatable bonds is 4. The van der Waals surface area contributed by atoms with Crippen molar-refractivity contribution in [3.05, 3.63) is 0 Å². The van der Waals surface area contributed by atoms with Crippen LogP contribution < -0.4 is 5.32 Å². The molecular weight excluding hydrogens is 273 g/mol. The molecule has 7 heteroatoms. The van der Waals surface area contributed by atoms with E-state index < -0.39 is 18.5 Å². The number of halogens is 3. The van der Waals surface area contributed by atoms with Crippen molar-refractivity contribution < 1.29 is 22.6 Å². The minimum Gasteiger partial charge on any atom is -0.347 e. The van der Waals surface area contributed by atoms with E-state index in [0.717, 1.165) is 12.8 Å². The van der Waals surface area contributed by atoms with Gasteiger partial charge in [-0.15, -0.1) is 0 Å². The first-order chi connectivity index (χ1) is 9.39. The van der Waals surface area contributed by atoms with E-state index in [1.807, 2.05) is 0 Å². The van der Waals surface area contributed by atoms with Crippen molar-refractivity contribution in [2.75, 3.05) is 33.4 Å². The van der Waals surface area contributed by atoms with E-state index in [9.17, 15) is 13.2 Å². The van der Waals surface area contributed by atoms with E-state index >= 15 is 0 Å². The number of hydrogen-bond acceptors (Lipinski definition) is 4. The maximum Gasteiger partial charge on any atom is 0.401 e. The average Bonchev–Trinajstić information content (AvgIpc) is 2.83. The highest BCUT2D eigenvalue weighted by Gasteiger charge is 2.47. The first kappa shape index (κ1) is 16.0. The topological polar surface area (TPSA) is 33.7 Å². The van der Waals surface area contributed by atoms with E-state index in [4.69, 9.17) is 9.47 Å². The van der Waals surface area contributed by atoms with Gasteiger partial charge in [-0.2, -0.15) is 13.2 Å². The van der Waals surface area contributed by atoms with Crippen molar-refractivity contribution in [3.8, 4) is 0 Å². The largest absolute Gasteiger partial charge is 0.401 e. The number of ether oxygens (including phenoxy) is 2. The molecule has 0 radical (unpaired) electrons. The molecule has 118 valence electrons. The summed E-state index contributed by atoms with van der Waals surface area (Å²) in [7, 11) is 1.80. The lowest BCUT2D eigenvalue weighted by Gasteiger charge is -2.45. The third-order valence-electron chi connectivity index (χ3n) is 4.26. The van der Waals surface area contributed by atoms with Crippen LogP contribution in [-0.2, 0) is 9.47 Å². The summed E-state index contributed by atoms with van der Waals surface area (Å²) in [6.07, 6.45) is -2.20. The first-order valence-electron chi connectivity index (χ1n) is 7.15. The third-order valence-corrected chi connectivity index (χ3v) is 4.26. The molecule has 20 heavy (non-hydrogen) atoms. The third kappa shape index (κ3) is 3.63. The van der Waals surface area contributed by atoms with Crippen LogP contribution in [-0.4, -0.2) is 62.3 Å². The molecule has 1 spiro atoms. The van der Waals surface area contributed by atoms with Crippen molar-refractivity contribution in [1.29, 1.82) is 0 Å². The first-order valence-corrected chi connectivity index (χ1v) is 7.15. The van der Waals surface area contributed by atoms with Gasteiger partial charge in [-0.25, -0.2) is 0 Å². The highest BCUT2D eigenvalue weighted by Crippen LogP contribution is 2.38. The predicted octanol–water partition coefficient (Wildman–Crippen LogP) is 1.75. The standard InChI is InChI=1S/C13H23F3N2O2/c1-3-18(9-13(14,15)16)11-8-12(19-6-7-20-12)5-4-10(11)17-2/h10-11,17H,3-9H2,1-2H3. The van der Waals surface area contributed by atoms with Crippen molar-refractivity contribution in [1.82, 2.24) is 10.2 Å². The van der Waals surface area contributed by atoms with Gasteiger partial charge in [-0.3, -0.25) is 4.90 Å². The molecule has 4 nitrogen and oxygen atoms in total. The van der Waals surface area contributed by atoms with Crippen LogP contribution in [0.4, 0.5) is 13.2 Å². The molecule has 0 bridgehead atoms. The molecule has 1 aliphatic heterocycles. The minimum atomic E-state index is -4.18. The van der Waals surface area contributed by atoms with Gasteiger partial charge in [0.05, 0.1) is 19.8 Å². The molecule has 1 saturated heterocycles. The van der Waals surface area contributed by atoms with Gasteiger partial charge in [0.25, 0.3) is 0 Å². The fourth-order valence-corrected chi connectivity index (χ4v) is 3.30. The van der Waals surface area contributed by atoms with Crippen LogP contribution in [0, 0.1) is 0 Å². The Morgan fingerprint density at radius 1 is 1.30 bits per heavy atom. The Morgan fingerprint density at radius 3 is 2.45 bits per heavy atom. The molecule has 2 fully saturated rings. The number of likely N-dealkylation sites (N-methyl/N-ethyl adjacent to an activating group) is 2. The minimum absolute atomic E-state index is 0.0377. The van der Waals surface area contributed by atoms with Gasteiger partial charge in [0.15, 0.2) is 5.79 Å². The van der Waals surface area contributed by atoms with Gasteiger partial charge in [0.1, 0.15) is 0 Å². The van der Waals surface area contributed by atoms with Gasteiger partial charge in [0.2, 0.25) is 0 Å². The summed E-state index contributed by atoms with van der Waals surface area (Å²) in [6, 6.07) is -0.186. The Labute approximate surface area is 117 Å². The van der Waals surface area contributed by atoms with Crippen molar-refractivity contribution in [2.24, 2.45) is 0 Å². The monoisotopic (exact) mass is 296 g/mol. The Bertz CT molecular complexity index is 319. The van der Waals surface area contributed by atoms with Gasteiger partial charge in [-0.05, 0) is 20.0 Å². The molecule has 2 rings (SSSR count). The maximum atomic E-state index is 12.7. The molecule has 0 amide bonds. The fourth-order valence-electron chi connectivity index (χ4n) is 3.30. The zero-order chi connectivity index (χ0) is 14.8. The molecule has 1 N–H and O–H groups in total. The summed E-state index contributed by atoms with van der Waals surface area (Å²) in [5.74, 6) is -0.670. The lowest BCUT2D eigenvalue weighted by Crippen LogP contribution is -2.58. The molecule has 2 aliphatic rings. The lowest BCUT2D eigenvalue weighted by atomic mass is 9.84. The normalized spacial score (nSPS) is 30.3. The molecule has 2 atom stereocenters. The molecule has 0 aromatic rings. The van der Waals surface area contributed by atoms with Gasteiger partial charge < -0.3 is 14.8 Å². The van der Waals surface area contributed by atoms with E-state index in [0.29, 0.717) is 26.2 Å². The van der Waals surface area contributed by atoms with E-state index in [-0.39, 0.29) is 12.1 Å². The van der Waals surface area contributed by atoms with E-state index in [1.165, 1.54) is 4.90 Å². The summed E-state index contributed by atoms with van der Waals surface area (Å²) < 4.78 is 49.5. The van der Waals surface area contributed by atoms with Crippen LogP contribution in [0.2, 0.25) is 0 Å². The lowest BCUT2D eigenvalue weighted by molar-refractivity contribution is -0.203. The number of nitrogens with zero attached hydrogens (tertiary/aromatic N) is 1. The molecule has 1 aliphatic carbocycles. The second-order valence-electron chi connectivity index (χ2n) is 5.49. The fraction of sp³-hybridized carbons (Fsp3) is 1.00. The van der Waals surface area contributed by atoms with Crippen LogP contribution in [0.5, 0.6) is 0 Å². The van der Waals surface area contributed by atoms with Gasteiger partial charge >= 0.3 is 6.18 Å². The number of nitrogens with one attached hydrogen (secondary N) is 1. The Balaban J connectivity index is 2.10. The highest BCUT2D eigenvalue weighted by atomic mass is 19.4. The summed E-state index contributed by atoms with van der Waals surface area (Å²) in [6.45, 7) is 2.29. The number of hydrogen-bond donors (Lipinski definition) is 1. The Kier molecular flexibility index (Phi) is 4.94. The molecule has 2 unspecified atom stereocenters. The molecule has 1 saturated carbocycles. The quantitative estimate of drug-likeness (QED) is 0.857. The summed E-state index contributed by atoms with van der Waals surface area (Å²) in [5.41, 5.74) is 0. The second-order valence-corrected chi connectivity index (χ2v) is 5.49. The Hall–Kier alpha value is -0.370. The SMILES string of the molecule is CCN(CC(F)(F)F)C1CC2(CCC1NC)OCCO2. The van der Waals surface area contributed by atoms with Gasteiger partial charge in [-0.1, -0.05) is 6.92 Å². The summed E-state index contributed by atoms with van der Waals surface area (Å²) >= 11 is 0. The maximum absolute atomic E-state index is 12.7. The molecular formula is C13H23F3N2O2. The van der Waals surface area contributed by atoms with E-state index in [2.05, 4.69) is 5.32 Å². The van der Waals surface area contributed by atoms with Crippen molar-refractivity contribution in [2.45, 2.75) is 50.2 Å². The van der Waals surface area contributed by atoms with Crippen LogP contribution in [0.1, 0.15) is 26.2 Å². The summed E-state index contributed by atoms with van der Waals surface area (Å²) in [4.78, 5) is 1.48. The van der Waals surface area contributed by atoms with Crippen LogP contribution in [0.25, 0.3) is 0 Å². The predicted molar refractivity (Wildman–Crippen MR) is 68.4 cm³/mol. The number of alkyl halides is 3. The molecule has 1 heterocycles. The summed E-state index contributed by atoms with van der Waals surface area (Å²) in [5, 5.41) is 3.14. The Morgan fingerprint density at radius 2 is 1.95 bits per heavy atom. The average molecular weight is 296 g/mol. The van der Waals surface area contributed by atoms with E-state index in [1.54, 1.807) is 14.0 Å². The molecule has 0 aromatic heterocycles. The van der Waals surface area contributed by atoms with Crippen molar-refractivity contribution in [3.63, 3.8) is 0 Å². The van der Waals surface area contributed by atoms with Gasteiger partial charge in [0, 0.05) is 24.9 Å². The zero-order valence-electron chi connectivity index (χ0n) is 12.0. The van der Waals surface area contributed by atoms with Crippen LogP contribution in [0.3, 0.4) is 0 Å². The molecule has 0 aromatic carbocycles. The second kappa shape index (κ2) is 6.17. The zero-order valence-corrected chi connectivity index (χ0v) is 12.0. The highest BCUT2D eigenvalue weighted by molar-refractivity contribution is 4.96. The van der Waals surface area contributed by atoms with Crippen LogP contribution in [0.15, 0.2) is 0 Å². The smallest absolute Gasteiger partial charge is 0.347 e. The van der Waals surface area contributed by atoms with Crippen LogP contribution >= 0.6 is 0 Å².